The molecule has 1 aromatic carbocycles. The first kappa shape index (κ1) is 14.8. The molecule has 1 N–H and O–H groups in total. The third-order valence-corrected chi connectivity index (χ3v) is 5.18. The molecular formula is C18H25FO2. The topological polar surface area (TPSA) is 29.5 Å². The molecule has 0 amide bonds. The Kier molecular flexibility index (Phi) is 4.48. The van der Waals surface area contributed by atoms with Gasteiger partial charge in [-0.25, -0.2) is 4.39 Å². The number of ether oxygens (including phenoxy) is 1. The van der Waals surface area contributed by atoms with E-state index in [1.54, 1.807) is 6.07 Å². The molecule has 1 aromatic rings. The average Bonchev–Trinajstić information content (AvgIpc) is 2.97. The van der Waals surface area contributed by atoms with Crippen molar-refractivity contribution in [3.63, 3.8) is 0 Å². The molecule has 0 aromatic heterocycles. The van der Waals surface area contributed by atoms with E-state index in [2.05, 4.69) is 0 Å². The predicted octanol–water partition coefficient (Wildman–Crippen LogP) is 4.23. The highest BCUT2D eigenvalue weighted by Crippen LogP contribution is 2.41. The van der Waals surface area contributed by atoms with Gasteiger partial charge in [-0.15, -0.1) is 0 Å². The van der Waals surface area contributed by atoms with Gasteiger partial charge in [0.05, 0.1) is 6.10 Å². The van der Waals surface area contributed by atoms with E-state index in [1.165, 1.54) is 31.7 Å². The molecule has 3 unspecified atom stereocenters. The van der Waals surface area contributed by atoms with Gasteiger partial charge < -0.3 is 9.84 Å². The fourth-order valence-electron chi connectivity index (χ4n) is 4.05. The van der Waals surface area contributed by atoms with Crippen LogP contribution in [0.2, 0.25) is 0 Å². The van der Waals surface area contributed by atoms with Crippen molar-refractivity contribution in [3.8, 4) is 5.75 Å². The number of aryl methyl sites for hydroxylation is 1. The van der Waals surface area contributed by atoms with E-state index in [0.717, 1.165) is 24.8 Å². The third kappa shape index (κ3) is 3.39. The molecule has 0 bridgehead atoms. The first-order valence-corrected chi connectivity index (χ1v) is 8.24. The van der Waals surface area contributed by atoms with E-state index >= 15 is 0 Å². The maximum atomic E-state index is 14.0. The molecule has 0 radical (unpaired) electrons. The van der Waals surface area contributed by atoms with Gasteiger partial charge in [0.15, 0.2) is 11.6 Å². The highest BCUT2D eigenvalue weighted by molar-refractivity contribution is 5.28. The standard InChI is InChI=1S/C18H25FO2/c1-12-6-8-18(16(19)10-12)21-17-9-7-14(20)11-15(17)13-4-2-3-5-13/h6,8,10,13-15,17,20H,2-5,7,9,11H2,1H3. The summed E-state index contributed by atoms with van der Waals surface area (Å²) < 4.78 is 20.0. The fourth-order valence-corrected chi connectivity index (χ4v) is 4.05. The Morgan fingerprint density at radius 1 is 1.14 bits per heavy atom. The zero-order valence-corrected chi connectivity index (χ0v) is 12.7. The van der Waals surface area contributed by atoms with Crippen LogP contribution in [0.5, 0.6) is 5.75 Å². The summed E-state index contributed by atoms with van der Waals surface area (Å²) in [6.07, 6.45) is 7.26. The van der Waals surface area contributed by atoms with Crippen LogP contribution in [0.1, 0.15) is 50.5 Å². The molecule has 2 aliphatic carbocycles. The maximum Gasteiger partial charge on any atom is 0.165 e. The molecular weight excluding hydrogens is 267 g/mol. The quantitative estimate of drug-likeness (QED) is 0.903. The normalized spacial score (nSPS) is 30.5. The summed E-state index contributed by atoms with van der Waals surface area (Å²) >= 11 is 0. The number of halogens is 1. The number of aliphatic hydroxyl groups excluding tert-OH is 1. The molecule has 3 atom stereocenters. The van der Waals surface area contributed by atoms with Crippen LogP contribution in [-0.2, 0) is 0 Å². The zero-order valence-electron chi connectivity index (χ0n) is 12.7. The molecule has 2 saturated carbocycles. The lowest BCUT2D eigenvalue weighted by Crippen LogP contribution is -2.39. The highest BCUT2D eigenvalue weighted by Gasteiger charge is 2.37. The van der Waals surface area contributed by atoms with Crippen molar-refractivity contribution in [1.82, 2.24) is 0 Å². The lowest BCUT2D eigenvalue weighted by Gasteiger charge is -2.37. The van der Waals surface area contributed by atoms with Crippen LogP contribution in [0, 0.1) is 24.6 Å². The second-order valence-corrected chi connectivity index (χ2v) is 6.77. The van der Waals surface area contributed by atoms with Gasteiger partial charge in [-0.05, 0) is 49.8 Å². The maximum absolute atomic E-state index is 14.0. The Labute approximate surface area is 126 Å². The van der Waals surface area contributed by atoms with Crippen molar-refractivity contribution >= 4 is 0 Å². The first-order chi connectivity index (χ1) is 10.1. The molecule has 2 aliphatic rings. The minimum Gasteiger partial charge on any atom is -0.487 e. The SMILES string of the molecule is Cc1ccc(OC2CCC(O)CC2C2CCCC2)c(F)c1. The van der Waals surface area contributed by atoms with Crippen LogP contribution in [0.15, 0.2) is 18.2 Å². The van der Waals surface area contributed by atoms with Crippen molar-refractivity contribution in [1.29, 1.82) is 0 Å². The summed E-state index contributed by atoms with van der Waals surface area (Å²) in [4.78, 5) is 0. The largest absolute Gasteiger partial charge is 0.487 e. The summed E-state index contributed by atoms with van der Waals surface area (Å²) in [5, 5.41) is 9.99. The molecule has 3 heteroatoms. The summed E-state index contributed by atoms with van der Waals surface area (Å²) in [5.41, 5.74) is 0.909. The Balaban J connectivity index is 1.74. The van der Waals surface area contributed by atoms with Crippen molar-refractivity contribution in [3.05, 3.63) is 29.6 Å². The molecule has 116 valence electrons. The molecule has 0 spiro atoms. The smallest absolute Gasteiger partial charge is 0.165 e. The highest BCUT2D eigenvalue weighted by atomic mass is 19.1. The fraction of sp³-hybridized carbons (Fsp3) is 0.667. The lowest BCUT2D eigenvalue weighted by molar-refractivity contribution is -0.00438. The number of hydrogen-bond donors (Lipinski definition) is 1. The van der Waals surface area contributed by atoms with Gasteiger partial charge in [-0.2, -0.15) is 0 Å². The summed E-state index contributed by atoms with van der Waals surface area (Å²) in [5.74, 6) is 1.10. The van der Waals surface area contributed by atoms with Gasteiger partial charge in [0.25, 0.3) is 0 Å². The van der Waals surface area contributed by atoms with Crippen LogP contribution in [0.3, 0.4) is 0 Å². The van der Waals surface area contributed by atoms with Crippen molar-refractivity contribution in [2.75, 3.05) is 0 Å². The Hall–Kier alpha value is -1.09. The minimum atomic E-state index is -0.272. The van der Waals surface area contributed by atoms with E-state index in [4.69, 9.17) is 4.74 Å². The van der Waals surface area contributed by atoms with Crippen molar-refractivity contribution in [2.24, 2.45) is 11.8 Å². The third-order valence-electron chi connectivity index (χ3n) is 5.18. The number of aliphatic hydroxyl groups is 1. The summed E-state index contributed by atoms with van der Waals surface area (Å²) in [7, 11) is 0. The Morgan fingerprint density at radius 3 is 2.62 bits per heavy atom. The Bertz CT molecular complexity index is 482. The molecule has 0 heterocycles. The zero-order chi connectivity index (χ0) is 14.8. The second kappa shape index (κ2) is 6.35. The molecule has 2 fully saturated rings. The van der Waals surface area contributed by atoms with Crippen molar-refractivity contribution < 1.29 is 14.2 Å². The molecule has 0 saturated heterocycles. The second-order valence-electron chi connectivity index (χ2n) is 6.77. The summed E-state index contributed by atoms with van der Waals surface area (Å²) in [6, 6.07) is 5.15. The number of benzene rings is 1. The molecule has 0 aliphatic heterocycles. The van der Waals surface area contributed by atoms with Gasteiger partial charge in [0, 0.05) is 5.92 Å². The van der Waals surface area contributed by atoms with E-state index in [1.807, 2.05) is 13.0 Å². The van der Waals surface area contributed by atoms with E-state index in [0.29, 0.717) is 17.6 Å². The predicted molar refractivity (Wildman–Crippen MR) is 80.9 cm³/mol. The van der Waals surface area contributed by atoms with Crippen LogP contribution in [0.4, 0.5) is 4.39 Å². The number of rotatable bonds is 3. The van der Waals surface area contributed by atoms with Gasteiger partial charge in [0.2, 0.25) is 0 Å². The molecule has 2 nitrogen and oxygen atoms in total. The average molecular weight is 292 g/mol. The van der Waals surface area contributed by atoms with Crippen LogP contribution in [0.25, 0.3) is 0 Å². The lowest BCUT2D eigenvalue weighted by atomic mass is 9.76. The summed E-state index contributed by atoms with van der Waals surface area (Å²) in [6.45, 7) is 1.88. The van der Waals surface area contributed by atoms with Gasteiger partial charge >= 0.3 is 0 Å². The van der Waals surface area contributed by atoms with E-state index < -0.39 is 0 Å². The van der Waals surface area contributed by atoms with Gasteiger partial charge in [0.1, 0.15) is 6.10 Å². The van der Waals surface area contributed by atoms with E-state index in [9.17, 15) is 9.50 Å². The Morgan fingerprint density at radius 2 is 1.90 bits per heavy atom. The van der Waals surface area contributed by atoms with Crippen LogP contribution < -0.4 is 4.74 Å². The molecule has 3 rings (SSSR count). The molecule has 21 heavy (non-hydrogen) atoms. The van der Waals surface area contributed by atoms with E-state index in [-0.39, 0.29) is 18.0 Å². The van der Waals surface area contributed by atoms with Gasteiger partial charge in [-0.1, -0.05) is 31.7 Å². The van der Waals surface area contributed by atoms with Crippen LogP contribution in [-0.4, -0.2) is 17.3 Å². The van der Waals surface area contributed by atoms with Gasteiger partial charge in [-0.3, -0.25) is 0 Å². The van der Waals surface area contributed by atoms with Crippen LogP contribution >= 0.6 is 0 Å². The first-order valence-electron chi connectivity index (χ1n) is 8.24. The monoisotopic (exact) mass is 292 g/mol. The number of hydrogen-bond acceptors (Lipinski definition) is 2. The minimum absolute atomic E-state index is 0.0497. The van der Waals surface area contributed by atoms with Crippen molar-refractivity contribution in [2.45, 2.75) is 64.1 Å².